The Morgan fingerprint density at radius 1 is 1.42 bits per heavy atom. The van der Waals surface area contributed by atoms with E-state index >= 15 is 0 Å². The van der Waals surface area contributed by atoms with Crippen molar-refractivity contribution in [3.8, 4) is 0 Å². The number of anilines is 1. The third-order valence-corrected chi connectivity index (χ3v) is 4.84. The first-order chi connectivity index (χ1) is 8.77. The molecule has 0 saturated carbocycles. The van der Waals surface area contributed by atoms with Gasteiger partial charge in [0.2, 0.25) is 0 Å². The third kappa shape index (κ3) is 3.25. The summed E-state index contributed by atoms with van der Waals surface area (Å²) in [6, 6.07) is 3.73. The van der Waals surface area contributed by atoms with Gasteiger partial charge < -0.3 is 5.32 Å². The number of rotatable bonds is 2. The quantitative estimate of drug-likeness (QED) is 0.864. The molecule has 0 aliphatic rings. The molecule has 4 nitrogen and oxygen atoms in total. The number of hydrogen-bond donors (Lipinski definition) is 2. The number of nitrogens with zero attached hydrogens (tertiary/aromatic N) is 1. The lowest BCUT2D eigenvalue weighted by Gasteiger charge is -2.14. The highest BCUT2D eigenvalue weighted by molar-refractivity contribution is 9.11. The minimum absolute atomic E-state index is 0.0154. The zero-order valence-corrected chi connectivity index (χ0v) is 13.7. The lowest BCUT2D eigenvalue weighted by Crippen LogP contribution is -2.11. The van der Waals surface area contributed by atoms with Gasteiger partial charge in [-0.2, -0.15) is 5.10 Å². The number of carbonyl (C=O) groups excluding carboxylic acids is 1. The second-order valence-electron chi connectivity index (χ2n) is 5.44. The minimum atomic E-state index is -0.134. The maximum atomic E-state index is 12.1. The molecular weight excluding hydrogens is 326 g/mol. The molecule has 2 rings (SSSR count). The highest BCUT2D eigenvalue weighted by Crippen LogP contribution is 2.28. The van der Waals surface area contributed by atoms with E-state index in [-0.39, 0.29) is 11.3 Å². The number of halogens is 1. The van der Waals surface area contributed by atoms with Gasteiger partial charge in [0.15, 0.2) is 5.82 Å². The van der Waals surface area contributed by atoms with Crippen molar-refractivity contribution in [1.82, 2.24) is 10.2 Å². The SMILES string of the molecule is Cc1cc(C(=O)Nc2cc(C(C)(C)C)[nH]n2)sc1Br. The van der Waals surface area contributed by atoms with Gasteiger partial charge in [-0.3, -0.25) is 9.89 Å². The number of hydrogen-bond acceptors (Lipinski definition) is 3. The molecule has 0 aliphatic heterocycles. The Kier molecular flexibility index (Phi) is 3.82. The van der Waals surface area contributed by atoms with Crippen LogP contribution in [-0.4, -0.2) is 16.1 Å². The van der Waals surface area contributed by atoms with Gasteiger partial charge in [-0.25, -0.2) is 0 Å². The van der Waals surface area contributed by atoms with Crippen molar-refractivity contribution in [1.29, 1.82) is 0 Å². The maximum absolute atomic E-state index is 12.1. The smallest absolute Gasteiger partial charge is 0.266 e. The Balaban J connectivity index is 2.13. The Bertz CT molecular complexity index is 590. The number of aryl methyl sites for hydroxylation is 1. The monoisotopic (exact) mass is 341 g/mol. The fourth-order valence-electron chi connectivity index (χ4n) is 1.52. The Hall–Kier alpha value is -1.14. The van der Waals surface area contributed by atoms with E-state index in [0.717, 1.165) is 15.0 Å². The summed E-state index contributed by atoms with van der Waals surface area (Å²) < 4.78 is 0.982. The second kappa shape index (κ2) is 5.09. The van der Waals surface area contributed by atoms with Crippen molar-refractivity contribution in [2.24, 2.45) is 0 Å². The molecule has 0 spiro atoms. The van der Waals surface area contributed by atoms with Crippen LogP contribution < -0.4 is 5.32 Å². The zero-order chi connectivity index (χ0) is 14.2. The van der Waals surface area contributed by atoms with Crippen LogP contribution in [0.5, 0.6) is 0 Å². The third-order valence-electron chi connectivity index (χ3n) is 2.71. The largest absolute Gasteiger partial charge is 0.304 e. The predicted molar refractivity (Wildman–Crippen MR) is 82.0 cm³/mol. The van der Waals surface area contributed by atoms with Crippen LogP contribution >= 0.6 is 27.3 Å². The van der Waals surface area contributed by atoms with Crippen LogP contribution in [0.4, 0.5) is 5.82 Å². The number of carbonyl (C=O) groups is 1. The van der Waals surface area contributed by atoms with Gasteiger partial charge in [-0.15, -0.1) is 11.3 Å². The van der Waals surface area contributed by atoms with E-state index in [9.17, 15) is 4.79 Å². The second-order valence-corrected chi connectivity index (χ2v) is 7.81. The molecule has 102 valence electrons. The molecule has 0 aromatic carbocycles. The number of aromatic nitrogens is 2. The predicted octanol–water partition coefficient (Wildman–Crippen LogP) is 4.09. The maximum Gasteiger partial charge on any atom is 0.266 e. The lowest BCUT2D eigenvalue weighted by atomic mass is 9.92. The summed E-state index contributed by atoms with van der Waals surface area (Å²) >= 11 is 4.84. The molecule has 0 unspecified atom stereocenters. The van der Waals surface area contributed by atoms with E-state index < -0.39 is 0 Å². The summed E-state index contributed by atoms with van der Waals surface area (Å²) in [5.41, 5.74) is 2.04. The van der Waals surface area contributed by atoms with Crippen molar-refractivity contribution < 1.29 is 4.79 Å². The Morgan fingerprint density at radius 3 is 2.58 bits per heavy atom. The minimum Gasteiger partial charge on any atom is -0.304 e. The van der Waals surface area contributed by atoms with Crippen LogP contribution in [0, 0.1) is 6.92 Å². The summed E-state index contributed by atoms with van der Waals surface area (Å²) in [5.74, 6) is 0.419. The average molecular weight is 342 g/mol. The summed E-state index contributed by atoms with van der Waals surface area (Å²) in [7, 11) is 0. The van der Waals surface area contributed by atoms with Gasteiger partial charge in [-0.1, -0.05) is 20.8 Å². The standard InChI is InChI=1S/C13H16BrN3OS/c1-7-5-8(19-11(7)14)12(18)15-10-6-9(16-17-10)13(2,3)4/h5-6H,1-4H3,(H2,15,16,17,18). The van der Waals surface area contributed by atoms with Gasteiger partial charge in [0.25, 0.3) is 5.91 Å². The summed E-state index contributed by atoms with van der Waals surface area (Å²) in [6.45, 7) is 8.23. The molecule has 0 atom stereocenters. The number of aromatic amines is 1. The molecule has 0 saturated heterocycles. The van der Waals surface area contributed by atoms with Gasteiger partial charge in [0, 0.05) is 17.2 Å². The molecule has 2 heterocycles. The molecule has 19 heavy (non-hydrogen) atoms. The fraction of sp³-hybridized carbons (Fsp3) is 0.385. The fourth-order valence-corrected chi connectivity index (χ4v) is 2.95. The number of amides is 1. The first-order valence-electron chi connectivity index (χ1n) is 5.90. The van der Waals surface area contributed by atoms with E-state index in [1.165, 1.54) is 11.3 Å². The highest BCUT2D eigenvalue weighted by atomic mass is 79.9. The van der Waals surface area contributed by atoms with Crippen LogP contribution in [0.1, 0.15) is 41.7 Å². The molecular formula is C13H16BrN3OS. The van der Waals surface area contributed by atoms with Crippen LogP contribution in [0.15, 0.2) is 15.9 Å². The van der Waals surface area contributed by atoms with Crippen LogP contribution in [-0.2, 0) is 5.41 Å². The molecule has 0 fully saturated rings. The highest BCUT2D eigenvalue weighted by Gasteiger charge is 2.18. The zero-order valence-electron chi connectivity index (χ0n) is 11.3. The van der Waals surface area contributed by atoms with E-state index in [4.69, 9.17) is 0 Å². The van der Waals surface area contributed by atoms with Crippen molar-refractivity contribution >= 4 is 39.0 Å². The van der Waals surface area contributed by atoms with Gasteiger partial charge in [-0.05, 0) is 34.5 Å². The van der Waals surface area contributed by atoms with Crippen LogP contribution in [0.25, 0.3) is 0 Å². The number of thiophene rings is 1. The lowest BCUT2D eigenvalue weighted by molar-refractivity contribution is 0.103. The first-order valence-corrected chi connectivity index (χ1v) is 7.51. The average Bonchev–Trinajstić information content (AvgIpc) is 2.86. The molecule has 0 bridgehead atoms. The molecule has 6 heteroatoms. The van der Waals surface area contributed by atoms with Crippen molar-refractivity contribution in [3.63, 3.8) is 0 Å². The summed E-state index contributed by atoms with van der Waals surface area (Å²) in [5, 5.41) is 9.86. The molecule has 2 N–H and O–H groups in total. The van der Waals surface area contributed by atoms with E-state index in [0.29, 0.717) is 10.7 Å². The first kappa shape index (κ1) is 14.3. The van der Waals surface area contributed by atoms with E-state index in [1.54, 1.807) is 0 Å². The van der Waals surface area contributed by atoms with Gasteiger partial charge in [0.05, 0.1) is 8.66 Å². The Morgan fingerprint density at radius 2 is 2.11 bits per heavy atom. The molecule has 0 aliphatic carbocycles. The summed E-state index contributed by atoms with van der Waals surface area (Å²) in [4.78, 5) is 12.7. The van der Waals surface area contributed by atoms with Gasteiger partial charge in [0.1, 0.15) is 0 Å². The van der Waals surface area contributed by atoms with E-state index in [2.05, 4.69) is 52.2 Å². The van der Waals surface area contributed by atoms with Crippen LogP contribution in [0.3, 0.4) is 0 Å². The molecule has 2 aromatic heterocycles. The topological polar surface area (TPSA) is 57.8 Å². The van der Waals surface area contributed by atoms with Gasteiger partial charge >= 0.3 is 0 Å². The normalized spacial score (nSPS) is 11.6. The number of H-pyrrole nitrogens is 1. The molecule has 2 aromatic rings. The molecule has 0 radical (unpaired) electrons. The Labute approximate surface area is 124 Å². The van der Waals surface area contributed by atoms with Crippen molar-refractivity contribution in [3.05, 3.63) is 32.1 Å². The van der Waals surface area contributed by atoms with Crippen LogP contribution in [0.2, 0.25) is 0 Å². The van der Waals surface area contributed by atoms with Crippen molar-refractivity contribution in [2.75, 3.05) is 5.32 Å². The molecule has 1 amide bonds. The number of nitrogens with one attached hydrogen (secondary N) is 2. The van der Waals surface area contributed by atoms with Crippen molar-refractivity contribution in [2.45, 2.75) is 33.1 Å². The summed E-state index contributed by atoms with van der Waals surface area (Å²) in [6.07, 6.45) is 0. The van der Waals surface area contributed by atoms with E-state index in [1.807, 2.05) is 19.1 Å².